The number of hydrogen-bond acceptors (Lipinski definition) is 3. The average molecular weight is 225 g/mol. The van der Waals surface area contributed by atoms with Gasteiger partial charge in [-0.05, 0) is 6.07 Å². The summed E-state index contributed by atoms with van der Waals surface area (Å²) in [5, 5.41) is 0. The van der Waals surface area contributed by atoms with Crippen LogP contribution < -0.4 is 4.74 Å². The number of alkyl halides is 1. The Morgan fingerprint density at radius 1 is 1.60 bits per heavy atom. The highest BCUT2D eigenvalue weighted by Crippen LogP contribution is 2.20. The van der Waals surface area contributed by atoms with Gasteiger partial charge in [-0.1, -0.05) is 0 Å². The number of pyridine rings is 1. The van der Waals surface area contributed by atoms with Crippen molar-refractivity contribution in [3.05, 3.63) is 23.9 Å². The number of aromatic nitrogens is 2. The molecule has 2 rings (SSSR count). The SMILES string of the molecule is COc1ccc2[nH]cc(C(=O)CCl)c2n1. The summed E-state index contributed by atoms with van der Waals surface area (Å²) in [5.74, 6) is 0.278. The van der Waals surface area contributed by atoms with E-state index in [2.05, 4.69) is 9.97 Å². The van der Waals surface area contributed by atoms with Crippen molar-refractivity contribution in [3.63, 3.8) is 0 Å². The molecule has 4 nitrogen and oxygen atoms in total. The molecule has 2 heterocycles. The lowest BCUT2D eigenvalue weighted by atomic mass is 10.2. The number of ether oxygens (including phenoxy) is 1. The monoisotopic (exact) mass is 224 g/mol. The molecule has 0 unspecified atom stereocenters. The highest BCUT2D eigenvalue weighted by atomic mass is 35.5. The minimum atomic E-state index is -0.149. The van der Waals surface area contributed by atoms with Gasteiger partial charge in [0.15, 0.2) is 5.78 Å². The van der Waals surface area contributed by atoms with Gasteiger partial charge < -0.3 is 9.72 Å². The van der Waals surface area contributed by atoms with Crippen LogP contribution >= 0.6 is 11.6 Å². The summed E-state index contributed by atoms with van der Waals surface area (Å²) < 4.78 is 4.99. The molecule has 0 aliphatic heterocycles. The third-order valence-electron chi connectivity index (χ3n) is 2.13. The van der Waals surface area contributed by atoms with Gasteiger partial charge in [-0.15, -0.1) is 11.6 Å². The normalized spacial score (nSPS) is 10.5. The maximum absolute atomic E-state index is 11.5. The molecular formula is C10H9ClN2O2. The fraction of sp³-hybridized carbons (Fsp3) is 0.200. The minimum absolute atomic E-state index is 0.0498. The number of nitrogens with one attached hydrogen (secondary N) is 1. The van der Waals surface area contributed by atoms with Gasteiger partial charge >= 0.3 is 0 Å². The average Bonchev–Trinajstić information content (AvgIpc) is 2.70. The molecule has 0 aliphatic rings. The van der Waals surface area contributed by atoms with E-state index in [4.69, 9.17) is 16.3 Å². The number of carbonyl (C=O) groups excluding carboxylic acids is 1. The third-order valence-corrected chi connectivity index (χ3v) is 2.37. The first-order chi connectivity index (χ1) is 7.26. The molecule has 0 saturated heterocycles. The van der Waals surface area contributed by atoms with Crippen LogP contribution in [0.15, 0.2) is 18.3 Å². The van der Waals surface area contributed by atoms with Crippen molar-refractivity contribution < 1.29 is 9.53 Å². The second-order valence-corrected chi connectivity index (χ2v) is 3.28. The largest absolute Gasteiger partial charge is 0.481 e. The molecule has 0 radical (unpaired) electrons. The lowest BCUT2D eigenvalue weighted by molar-refractivity contribution is 0.102. The van der Waals surface area contributed by atoms with Crippen LogP contribution in [0.3, 0.4) is 0 Å². The van der Waals surface area contributed by atoms with Gasteiger partial charge in [-0.25, -0.2) is 4.98 Å². The van der Waals surface area contributed by atoms with Gasteiger partial charge in [-0.2, -0.15) is 0 Å². The Labute approximate surface area is 91.2 Å². The second kappa shape index (κ2) is 3.90. The molecule has 0 aromatic carbocycles. The highest BCUT2D eigenvalue weighted by Gasteiger charge is 2.12. The molecule has 78 valence electrons. The number of hydrogen-bond donors (Lipinski definition) is 1. The van der Waals surface area contributed by atoms with Crippen LogP contribution in [0.4, 0.5) is 0 Å². The summed E-state index contributed by atoms with van der Waals surface area (Å²) in [5.41, 5.74) is 1.89. The summed E-state index contributed by atoms with van der Waals surface area (Å²) in [4.78, 5) is 18.6. The molecule has 1 N–H and O–H groups in total. The van der Waals surface area contributed by atoms with E-state index >= 15 is 0 Å². The molecule has 0 aliphatic carbocycles. The molecule has 0 bridgehead atoms. The Morgan fingerprint density at radius 3 is 3.07 bits per heavy atom. The van der Waals surface area contributed by atoms with Crippen molar-refractivity contribution in [1.82, 2.24) is 9.97 Å². The lowest BCUT2D eigenvalue weighted by Crippen LogP contribution is -1.99. The molecular weight excluding hydrogens is 216 g/mol. The predicted molar refractivity (Wildman–Crippen MR) is 57.7 cm³/mol. The Balaban J connectivity index is 2.61. The number of H-pyrrole nitrogens is 1. The number of nitrogens with zero attached hydrogens (tertiary/aromatic N) is 1. The first kappa shape index (κ1) is 9.98. The first-order valence-electron chi connectivity index (χ1n) is 4.37. The smallest absolute Gasteiger partial charge is 0.213 e. The Kier molecular flexibility index (Phi) is 2.60. The van der Waals surface area contributed by atoms with E-state index in [0.29, 0.717) is 17.0 Å². The van der Waals surface area contributed by atoms with Gasteiger partial charge in [0.1, 0.15) is 5.52 Å². The number of Topliss-reactive ketones (excluding diaryl/α,β-unsaturated/α-hetero) is 1. The van der Waals surface area contributed by atoms with E-state index in [0.717, 1.165) is 5.52 Å². The predicted octanol–water partition coefficient (Wildman–Crippen LogP) is 1.99. The van der Waals surface area contributed by atoms with Crippen molar-refractivity contribution in [2.24, 2.45) is 0 Å². The number of methoxy groups -OCH3 is 1. The summed E-state index contributed by atoms with van der Waals surface area (Å²) in [6, 6.07) is 3.54. The minimum Gasteiger partial charge on any atom is -0.481 e. The van der Waals surface area contributed by atoms with E-state index in [-0.39, 0.29) is 11.7 Å². The maximum Gasteiger partial charge on any atom is 0.213 e. The number of halogens is 1. The zero-order valence-corrected chi connectivity index (χ0v) is 8.84. The van der Waals surface area contributed by atoms with Crippen molar-refractivity contribution >= 4 is 28.4 Å². The number of aromatic amines is 1. The van der Waals surface area contributed by atoms with Crippen LogP contribution in [0.2, 0.25) is 0 Å². The highest BCUT2D eigenvalue weighted by molar-refractivity contribution is 6.31. The van der Waals surface area contributed by atoms with Crippen LogP contribution in [-0.2, 0) is 0 Å². The van der Waals surface area contributed by atoms with E-state index in [1.165, 1.54) is 7.11 Å². The fourth-order valence-corrected chi connectivity index (χ4v) is 1.52. The quantitative estimate of drug-likeness (QED) is 0.641. The molecule has 0 saturated carbocycles. The summed E-state index contributed by atoms with van der Waals surface area (Å²) in [6.45, 7) is 0. The van der Waals surface area contributed by atoms with E-state index in [1.54, 1.807) is 12.3 Å². The summed E-state index contributed by atoms with van der Waals surface area (Å²) >= 11 is 5.50. The first-order valence-corrected chi connectivity index (χ1v) is 4.91. The molecule has 0 fully saturated rings. The van der Waals surface area contributed by atoms with Gasteiger partial charge in [0, 0.05) is 12.3 Å². The van der Waals surface area contributed by atoms with Crippen LogP contribution in [0.1, 0.15) is 10.4 Å². The van der Waals surface area contributed by atoms with Crippen molar-refractivity contribution in [3.8, 4) is 5.88 Å². The van der Waals surface area contributed by atoms with E-state index in [9.17, 15) is 4.79 Å². The Bertz CT molecular complexity index is 507. The third kappa shape index (κ3) is 1.68. The summed E-state index contributed by atoms with van der Waals surface area (Å²) in [6.07, 6.45) is 1.61. The number of rotatable bonds is 3. The molecule has 2 aromatic rings. The van der Waals surface area contributed by atoms with Gasteiger partial charge in [-0.3, -0.25) is 4.79 Å². The number of fused-ring (bicyclic) bond motifs is 1. The zero-order valence-electron chi connectivity index (χ0n) is 8.08. The van der Waals surface area contributed by atoms with Crippen LogP contribution in [-0.4, -0.2) is 28.7 Å². The lowest BCUT2D eigenvalue weighted by Gasteiger charge is -1.98. The van der Waals surface area contributed by atoms with Crippen molar-refractivity contribution in [1.29, 1.82) is 0 Å². The molecule has 15 heavy (non-hydrogen) atoms. The topological polar surface area (TPSA) is 55.0 Å². The van der Waals surface area contributed by atoms with Gasteiger partial charge in [0.2, 0.25) is 5.88 Å². The summed E-state index contributed by atoms with van der Waals surface area (Å²) in [7, 11) is 1.53. The van der Waals surface area contributed by atoms with Crippen molar-refractivity contribution in [2.45, 2.75) is 0 Å². The molecule has 5 heteroatoms. The van der Waals surface area contributed by atoms with Crippen LogP contribution in [0, 0.1) is 0 Å². The fourth-order valence-electron chi connectivity index (χ4n) is 1.38. The van der Waals surface area contributed by atoms with Crippen LogP contribution in [0.5, 0.6) is 5.88 Å². The van der Waals surface area contributed by atoms with E-state index in [1.807, 2.05) is 6.07 Å². The maximum atomic E-state index is 11.5. The van der Waals surface area contributed by atoms with Gasteiger partial charge in [0.25, 0.3) is 0 Å². The molecule has 0 spiro atoms. The number of carbonyl (C=O) groups is 1. The van der Waals surface area contributed by atoms with Crippen LogP contribution in [0.25, 0.3) is 11.0 Å². The Hall–Kier alpha value is -1.55. The zero-order chi connectivity index (χ0) is 10.8. The standard InChI is InChI=1S/C10H9ClN2O2/c1-15-9-3-2-7-10(13-9)6(5-12-7)8(14)4-11/h2-3,5,12H,4H2,1H3. The Morgan fingerprint density at radius 2 is 2.40 bits per heavy atom. The molecule has 0 amide bonds. The number of ketones is 1. The van der Waals surface area contributed by atoms with E-state index < -0.39 is 0 Å². The molecule has 0 atom stereocenters. The second-order valence-electron chi connectivity index (χ2n) is 3.01. The van der Waals surface area contributed by atoms with Crippen molar-refractivity contribution in [2.75, 3.05) is 13.0 Å². The van der Waals surface area contributed by atoms with Gasteiger partial charge in [0.05, 0.1) is 24.1 Å². The molecule has 2 aromatic heterocycles.